The fourth-order valence-electron chi connectivity index (χ4n) is 0.755. The number of anilines is 1. The highest BCUT2D eigenvalue weighted by Gasteiger charge is 1.95. The third-order valence-electron chi connectivity index (χ3n) is 1.29. The number of hydrogen-bond donors (Lipinski definition) is 2. The number of rotatable bonds is 3. The van der Waals surface area contributed by atoms with Crippen LogP contribution in [-0.4, -0.2) is 28.2 Å². The van der Waals surface area contributed by atoms with Crippen molar-refractivity contribution >= 4 is 5.82 Å². The molecule has 0 atom stereocenters. The van der Waals surface area contributed by atoms with E-state index in [1.807, 2.05) is 6.92 Å². The van der Waals surface area contributed by atoms with E-state index in [2.05, 4.69) is 15.3 Å². The van der Waals surface area contributed by atoms with Crippen molar-refractivity contribution in [3.8, 4) is 0 Å². The molecular formula is C7H11N3O. The smallest absolute Gasteiger partial charge is 0.147 e. The number of aliphatic hydroxyl groups excluding tert-OH is 1. The molecule has 0 saturated carbocycles. The molecule has 1 heterocycles. The maximum atomic E-state index is 8.51. The first kappa shape index (κ1) is 7.94. The lowest BCUT2D eigenvalue weighted by Crippen LogP contribution is -2.08. The Labute approximate surface area is 65.3 Å². The van der Waals surface area contributed by atoms with Gasteiger partial charge in [0.05, 0.1) is 12.3 Å². The van der Waals surface area contributed by atoms with Crippen molar-refractivity contribution in [2.24, 2.45) is 0 Å². The predicted molar refractivity (Wildman–Crippen MR) is 42.3 cm³/mol. The topological polar surface area (TPSA) is 58.0 Å². The van der Waals surface area contributed by atoms with Gasteiger partial charge >= 0.3 is 0 Å². The number of aryl methyl sites for hydroxylation is 1. The molecule has 60 valence electrons. The molecule has 0 saturated heterocycles. The largest absolute Gasteiger partial charge is 0.395 e. The normalized spacial score (nSPS) is 9.64. The Balaban J connectivity index is 2.62. The number of nitrogens with one attached hydrogen (secondary N) is 1. The van der Waals surface area contributed by atoms with Crippen LogP contribution in [0.15, 0.2) is 12.4 Å². The Bertz CT molecular complexity index is 227. The van der Waals surface area contributed by atoms with Crippen molar-refractivity contribution in [1.29, 1.82) is 0 Å². The van der Waals surface area contributed by atoms with Gasteiger partial charge in [-0.1, -0.05) is 0 Å². The van der Waals surface area contributed by atoms with Crippen molar-refractivity contribution in [2.45, 2.75) is 6.92 Å². The highest BCUT2D eigenvalue weighted by atomic mass is 16.3. The summed E-state index contributed by atoms with van der Waals surface area (Å²) >= 11 is 0. The van der Waals surface area contributed by atoms with Gasteiger partial charge in [-0.3, -0.25) is 4.98 Å². The van der Waals surface area contributed by atoms with Crippen LogP contribution in [0.1, 0.15) is 5.69 Å². The maximum absolute atomic E-state index is 8.51. The van der Waals surface area contributed by atoms with Crippen LogP contribution in [0, 0.1) is 6.92 Å². The molecule has 4 heteroatoms. The van der Waals surface area contributed by atoms with Gasteiger partial charge in [-0.15, -0.1) is 0 Å². The maximum Gasteiger partial charge on any atom is 0.147 e. The molecule has 4 nitrogen and oxygen atoms in total. The van der Waals surface area contributed by atoms with Crippen LogP contribution in [0.2, 0.25) is 0 Å². The first-order chi connectivity index (χ1) is 5.34. The van der Waals surface area contributed by atoms with Gasteiger partial charge in [0, 0.05) is 18.9 Å². The monoisotopic (exact) mass is 153 g/mol. The first-order valence-electron chi connectivity index (χ1n) is 3.47. The summed E-state index contributed by atoms with van der Waals surface area (Å²) < 4.78 is 0. The van der Waals surface area contributed by atoms with Crippen LogP contribution in [-0.2, 0) is 0 Å². The zero-order valence-electron chi connectivity index (χ0n) is 6.41. The highest BCUT2D eigenvalue weighted by Crippen LogP contribution is 2.04. The second-order valence-corrected chi connectivity index (χ2v) is 2.14. The van der Waals surface area contributed by atoms with Gasteiger partial charge in [0.1, 0.15) is 5.82 Å². The number of aromatic nitrogens is 2. The Kier molecular flexibility index (Phi) is 2.80. The van der Waals surface area contributed by atoms with Crippen molar-refractivity contribution in [1.82, 2.24) is 9.97 Å². The SMILES string of the molecule is Cc1nccnc1NCCO. The standard InChI is InChI=1S/C7H11N3O/c1-6-7(10-4-5-11)9-3-2-8-6/h2-3,11H,4-5H2,1H3,(H,9,10). The van der Waals surface area contributed by atoms with E-state index in [9.17, 15) is 0 Å². The molecular weight excluding hydrogens is 142 g/mol. The Hall–Kier alpha value is -1.16. The summed E-state index contributed by atoms with van der Waals surface area (Å²) in [6, 6.07) is 0. The quantitative estimate of drug-likeness (QED) is 0.650. The van der Waals surface area contributed by atoms with Gasteiger partial charge in [-0.05, 0) is 6.92 Å². The van der Waals surface area contributed by atoms with Gasteiger partial charge in [-0.25, -0.2) is 4.98 Å². The summed E-state index contributed by atoms with van der Waals surface area (Å²) in [7, 11) is 0. The highest BCUT2D eigenvalue weighted by molar-refractivity contribution is 5.37. The van der Waals surface area contributed by atoms with Crippen LogP contribution >= 0.6 is 0 Å². The first-order valence-corrected chi connectivity index (χ1v) is 3.47. The van der Waals surface area contributed by atoms with E-state index in [4.69, 9.17) is 5.11 Å². The van der Waals surface area contributed by atoms with Crippen LogP contribution in [0.25, 0.3) is 0 Å². The summed E-state index contributed by atoms with van der Waals surface area (Å²) in [5.74, 6) is 0.738. The van der Waals surface area contributed by atoms with Crippen LogP contribution in [0.5, 0.6) is 0 Å². The van der Waals surface area contributed by atoms with E-state index < -0.39 is 0 Å². The second-order valence-electron chi connectivity index (χ2n) is 2.14. The van der Waals surface area contributed by atoms with Gasteiger partial charge in [-0.2, -0.15) is 0 Å². The lowest BCUT2D eigenvalue weighted by atomic mass is 10.4. The zero-order valence-corrected chi connectivity index (χ0v) is 6.41. The van der Waals surface area contributed by atoms with Crippen molar-refractivity contribution in [2.75, 3.05) is 18.5 Å². The molecule has 0 aliphatic carbocycles. The number of aliphatic hydroxyl groups is 1. The van der Waals surface area contributed by atoms with Gasteiger partial charge in [0.25, 0.3) is 0 Å². The lowest BCUT2D eigenvalue weighted by Gasteiger charge is -2.03. The molecule has 1 aromatic rings. The molecule has 0 aromatic carbocycles. The molecule has 0 spiro atoms. The molecule has 11 heavy (non-hydrogen) atoms. The summed E-state index contributed by atoms with van der Waals surface area (Å²) in [6.45, 7) is 2.49. The average molecular weight is 153 g/mol. The third kappa shape index (κ3) is 2.16. The molecule has 0 fully saturated rings. The van der Waals surface area contributed by atoms with E-state index >= 15 is 0 Å². The fraction of sp³-hybridized carbons (Fsp3) is 0.429. The summed E-state index contributed by atoms with van der Waals surface area (Å²) in [5, 5.41) is 11.4. The molecule has 0 unspecified atom stereocenters. The molecule has 1 aromatic heterocycles. The minimum Gasteiger partial charge on any atom is -0.395 e. The fourth-order valence-corrected chi connectivity index (χ4v) is 0.755. The molecule has 2 N–H and O–H groups in total. The molecule has 0 bridgehead atoms. The Morgan fingerprint density at radius 3 is 2.82 bits per heavy atom. The van der Waals surface area contributed by atoms with Gasteiger partial charge < -0.3 is 10.4 Å². The zero-order chi connectivity index (χ0) is 8.10. The molecule has 1 rings (SSSR count). The average Bonchev–Trinajstić information content (AvgIpc) is 2.03. The minimum absolute atomic E-state index is 0.107. The third-order valence-corrected chi connectivity index (χ3v) is 1.29. The predicted octanol–water partition coefficient (Wildman–Crippen LogP) is 0.189. The number of hydrogen-bond acceptors (Lipinski definition) is 4. The van der Waals surface area contributed by atoms with Crippen molar-refractivity contribution < 1.29 is 5.11 Å². The van der Waals surface area contributed by atoms with Gasteiger partial charge in [0.15, 0.2) is 0 Å². The van der Waals surface area contributed by atoms with Crippen molar-refractivity contribution in [3.63, 3.8) is 0 Å². The second kappa shape index (κ2) is 3.88. The molecule has 0 aliphatic heterocycles. The molecule has 0 radical (unpaired) electrons. The van der Waals surface area contributed by atoms with Crippen LogP contribution in [0.4, 0.5) is 5.82 Å². The molecule has 0 aliphatic rings. The van der Waals surface area contributed by atoms with E-state index in [1.54, 1.807) is 12.4 Å². The van der Waals surface area contributed by atoms with Crippen LogP contribution < -0.4 is 5.32 Å². The van der Waals surface area contributed by atoms with E-state index in [-0.39, 0.29) is 6.61 Å². The Morgan fingerprint density at radius 2 is 2.18 bits per heavy atom. The lowest BCUT2D eigenvalue weighted by molar-refractivity contribution is 0.311. The minimum atomic E-state index is 0.107. The Morgan fingerprint density at radius 1 is 1.45 bits per heavy atom. The van der Waals surface area contributed by atoms with Gasteiger partial charge in [0.2, 0.25) is 0 Å². The molecule has 0 amide bonds. The van der Waals surface area contributed by atoms with Crippen LogP contribution in [0.3, 0.4) is 0 Å². The van der Waals surface area contributed by atoms with E-state index in [0.29, 0.717) is 6.54 Å². The number of nitrogens with zero attached hydrogens (tertiary/aromatic N) is 2. The van der Waals surface area contributed by atoms with Crippen molar-refractivity contribution in [3.05, 3.63) is 18.1 Å². The summed E-state index contributed by atoms with van der Waals surface area (Å²) in [6.07, 6.45) is 3.26. The summed E-state index contributed by atoms with van der Waals surface area (Å²) in [4.78, 5) is 8.06. The summed E-state index contributed by atoms with van der Waals surface area (Å²) in [5.41, 5.74) is 0.848. The van der Waals surface area contributed by atoms with E-state index in [0.717, 1.165) is 11.5 Å². The van der Waals surface area contributed by atoms with E-state index in [1.165, 1.54) is 0 Å².